The molecule has 2 aromatic heterocycles. The number of nitrogens with zero attached hydrogens (tertiary/aromatic N) is 5. The highest BCUT2D eigenvalue weighted by atomic mass is 16.6. The summed E-state index contributed by atoms with van der Waals surface area (Å²) >= 11 is 0. The molecule has 0 aliphatic rings. The summed E-state index contributed by atoms with van der Waals surface area (Å²) in [6.07, 6.45) is 3.09. The van der Waals surface area contributed by atoms with Gasteiger partial charge in [-0.25, -0.2) is 4.98 Å². The smallest absolute Gasteiger partial charge is 0.314 e. The van der Waals surface area contributed by atoms with E-state index >= 15 is 0 Å². The van der Waals surface area contributed by atoms with Crippen LogP contribution in [0.1, 0.15) is 11.4 Å². The third-order valence-electron chi connectivity index (χ3n) is 2.53. The van der Waals surface area contributed by atoms with Crippen molar-refractivity contribution in [2.24, 2.45) is 7.05 Å². The Morgan fingerprint density at radius 2 is 2.33 bits per heavy atom. The Labute approximate surface area is 103 Å². The first-order valence-corrected chi connectivity index (χ1v) is 5.26. The van der Waals surface area contributed by atoms with Crippen molar-refractivity contribution in [1.82, 2.24) is 19.7 Å². The molecule has 0 radical (unpaired) electrons. The molecule has 94 valence electrons. The van der Waals surface area contributed by atoms with Gasteiger partial charge in [-0.3, -0.25) is 10.1 Å². The van der Waals surface area contributed by atoms with E-state index in [-0.39, 0.29) is 11.5 Å². The molecule has 8 heteroatoms. The van der Waals surface area contributed by atoms with Crippen LogP contribution in [0, 0.1) is 17.0 Å². The van der Waals surface area contributed by atoms with Gasteiger partial charge in [-0.2, -0.15) is 0 Å². The molecule has 0 aromatic carbocycles. The van der Waals surface area contributed by atoms with E-state index in [0.717, 1.165) is 0 Å². The van der Waals surface area contributed by atoms with Gasteiger partial charge in [-0.05, 0) is 13.0 Å². The van der Waals surface area contributed by atoms with Gasteiger partial charge in [-0.1, -0.05) is 0 Å². The lowest BCUT2D eigenvalue weighted by atomic mass is 10.2. The summed E-state index contributed by atoms with van der Waals surface area (Å²) in [5.74, 6) is 0.913. The highest BCUT2D eigenvalue weighted by molar-refractivity contribution is 5.59. The maximum absolute atomic E-state index is 11.0. The van der Waals surface area contributed by atoms with Crippen LogP contribution in [0.4, 0.5) is 11.5 Å². The highest BCUT2D eigenvalue weighted by Gasteiger charge is 2.18. The lowest BCUT2D eigenvalue weighted by Gasteiger charge is -2.06. The number of pyridine rings is 1. The normalized spacial score (nSPS) is 10.3. The Morgan fingerprint density at radius 3 is 2.94 bits per heavy atom. The fourth-order valence-electron chi connectivity index (χ4n) is 1.54. The van der Waals surface area contributed by atoms with E-state index in [2.05, 4.69) is 20.5 Å². The van der Waals surface area contributed by atoms with Gasteiger partial charge in [0.2, 0.25) is 5.82 Å². The Balaban J connectivity index is 2.22. The second kappa shape index (κ2) is 4.78. The first-order valence-electron chi connectivity index (χ1n) is 5.26. The molecular weight excluding hydrogens is 236 g/mol. The molecule has 2 aromatic rings. The summed E-state index contributed by atoms with van der Waals surface area (Å²) < 4.78 is 1.73. The van der Waals surface area contributed by atoms with Crippen LogP contribution in [-0.2, 0) is 13.6 Å². The second-order valence-corrected chi connectivity index (χ2v) is 3.79. The summed E-state index contributed by atoms with van der Waals surface area (Å²) in [7, 11) is 1.80. The number of anilines is 1. The van der Waals surface area contributed by atoms with E-state index in [1.807, 2.05) is 0 Å². The Kier molecular flexibility index (Phi) is 3.18. The fourth-order valence-corrected chi connectivity index (χ4v) is 1.54. The van der Waals surface area contributed by atoms with Crippen LogP contribution in [0.5, 0.6) is 0 Å². The Morgan fingerprint density at radius 1 is 1.56 bits per heavy atom. The Bertz CT molecular complexity index is 579. The summed E-state index contributed by atoms with van der Waals surface area (Å²) in [5.41, 5.74) is 0.551. The Hall–Kier alpha value is -2.51. The molecule has 18 heavy (non-hydrogen) atoms. The van der Waals surface area contributed by atoms with Crippen molar-refractivity contribution in [3.8, 4) is 0 Å². The van der Waals surface area contributed by atoms with Crippen molar-refractivity contribution < 1.29 is 4.92 Å². The quantitative estimate of drug-likeness (QED) is 0.641. The zero-order chi connectivity index (χ0) is 13.1. The van der Waals surface area contributed by atoms with Crippen molar-refractivity contribution in [2.45, 2.75) is 13.5 Å². The van der Waals surface area contributed by atoms with Gasteiger partial charge in [0.25, 0.3) is 0 Å². The third kappa shape index (κ3) is 2.26. The van der Waals surface area contributed by atoms with Gasteiger partial charge in [0.05, 0.1) is 11.5 Å². The minimum Gasteiger partial charge on any atom is -0.357 e. The average molecular weight is 248 g/mol. The van der Waals surface area contributed by atoms with Crippen LogP contribution >= 0.6 is 0 Å². The van der Waals surface area contributed by atoms with Crippen LogP contribution in [-0.4, -0.2) is 24.7 Å². The molecule has 0 unspecified atom stereocenters. The van der Waals surface area contributed by atoms with Crippen LogP contribution < -0.4 is 5.32 Å². The van der Waals surface area contributed by atoms with E-state index in [4.69, 9.17) is 0 Å². The predicted molar refractivity (Wildman–Crippen MR) is 64.0 cm³/mol. The van der Waals surface area contributed by atoms with Gasteiger partial charge in [0.1, 0.15) is 6.33 Å². The van der Waals surface area contributed by atoms with Gasteiger partial charge in [-0.15, -0.1) is 10.2 Å². The van der Waals surface area contributed by atoms with Gasteiger partial charge in [0.15, 0.2) is 5.82 Å². The second-order valence-electron chi connectivity index (χ2n) is 3.79. The molecule has 2 heterocycles. The zero-order valence-corrected chi connectivity index (χ0v) is 9.99. The first kappa shape index (κ1) is 12.0. The molecule has 2 rings (SSSR count). The lowest BCUT2D eigenvalue weighted by molar-refractivity contribution is -0.384. The minimum atomic E-state index is -0.443. The largest absolute Gasteiger partial charge is 0.357 e. The molecule has 0 aliphatic carbocycles. The topological polar surface area (TPSA) is 98.8 Å². The third-order valence-corrected chi connectivity index (χ3v) is 2.53. The number of rotatable bonds is 4. The molecule has 0 aliphatic heterocycles. The summed E-state index contributed by atoms with van der Waals surface area (Å²) in [6, 6.07) is 1.60. The molecule has 0 saturated heterocycles. The molecule has 0 saturated carbocycles. The maximum Gasteiger partial charge on any atom is 0.314 e. The van der Waals surface area contributed by atoms with E-state index in [1.54, 1.807) is 30.9 Å². The van der Waals surface area contributed by atoms with E-state index in [1.165, 1.54) is 6.20 Å². The fraction of sp³-hybridized carbons (Fsp3) is 0.300. The van der Waals surface area contributed by atoms with Crippen molar-refractivity contribution in [3.63, 3.8) is 0 Å². The van der Waals surface area contributed by atoms with E-state index in [9.17, 15) is 10.1 Å². The molecular formula is C10H12N6O2. The van der Waals surface area contributed by atoms with Crippen LogP contribution in [0.15, 0.2) is 18.6 Å². The van der Waals surface area contributed by atoms with Crippen molar-refractivity contribution in [1.29, 1.82) is 0 Å². The monoisotopic (exact) mass is 248 g/mol. The van der Waals surface area contributed by atoms with Crippen LogP contribution in [0.25, 0.3) is 0 Å². The van der Waals surface area contributed by atoms with Crippen LogP contribution in [0.3, 0.4) is 0 Å². The van der Waals surface area contributed by atoms with Crippen molar-refractivity contribution in [2.75, 3.05) is 5.32 Å². The van der Waals surface area contributed by atoms with Crippen molar-refractivity contribution >= 4 is 11.5 Å². The SMILES string of the molecule is Cc1ccnc(NCc2nncn2C)c1[N+](=O)[O-]. The van der Waals surface area contributed by atoms with Gasteiger partial charge in [0, 0.05) is 18.8 Å². The van der Waals surface area contributed by atoms with Gasteiger partial charge >= 0.3 is 5.69 Å². The molecule has 0 spiro atoms. The molecule has 0 bridgehead atoms. The highest BCUT2D eigenvalue weighted by Crippen LogP contribution is 2.25. The lowest BCUT2D eigenvalue weighted by Crippen LogP contribution is -2.09. The maximum atomic E-state index is 11.0. The number of aromatic nitrogens is 4. The number of nitro groups is 1. The summed E-state index contributed by atoms with van der Waals surface area (Å²) in [6.45, 7) is 2.00. The minimum absolute atomic E-state index is 0.0142. The predicted octanol–water partition coefficient (Wildman–Crippen LogP) is 1.04. The summed E-state index contributed by atoms with van der Waals surface area (Å²) in [5, 5.41) is 21.5. The van der Waals surface area contributed by atoms with E-state index in [0.29, 0.717) is 17.9 Å². The number of hydrogen-bond donors (Lipinski definition) is 1. The molecule has 8 nitrogen and oxygen atoms in total. The zero-order valence-electron chi connectivity index (χ0n) is 9.99. The summed E-state index contributed by atoms with van der Waals surface area (Å²) in [4.78, 5) is 14.5. The molecule has 0 amide bonds. The molecule has 0 atom stereocenters. The average Bonchev–Trinajstić information content (AvgIpc) is 2.71. The first-order chi connectivity index (χ1) is 8.59. The molecule has 0 fully saturated rings. The molecule has 1 N–H and O–H groups in total. The number of aryl methyl sites for hydroxylation is 2. The van der Waals surface area contributed by atoms with Crippen molar-refractivity contribution in [3.05, 3.63) is 40.1 Å². The number of hydrogen-bond acceptors (Lipinski definition) is 6. The standard InChI is InChI=1S/C10H12N6O2/c1-7-3-4-11-10(9(7)16(17)18)12-5-8-14-13-6-15(8)2/h3-4,6H,5H2,1-2H3,(H,11,12). The van der Waals surface area contributed by atoms with Crippen LogP contribution in [0.2, 0.25) is 0 Å². The number of nitrogens with one attached hydrogen (secondary N) is 1. The van der Waals surface area contributed by atoms with Gasteiger partial charge < -0.3 is 9.88 Å². The van der Waals surface area contributed by atoms with E-state index < -0.39 is 4.92 Å².